The third kappa shape index (κ3) is 5.97. The summed E-state index contributed by atoms with van der Waals surface area (Å²) < 4.78 is 26.6. The van der Waals surface area contributed by atoms with Gasteiger partial charge in [-0.2, -0.15) is 0 Å². The zero-order valence-electron chi connectivity index (χ0n) is 15.5. The summed E-state index contributed by atoms with van der Waals surface area (Å²) >= 11 is 0. The minimum absolute atomic E-state index is 0.0590. The third-order valence-corrected chi connectivity index (χ3v) is 5.40. The van der Waals surface area contributed by atoms with Gasteiger partial charge in [0.25, 0.3) is 0 Å². The molecule has 6 heteroatoms. The molecule has 0 aliphatic carbocycles. The maximum absolute atomic E-state index is 12.1. The first kappa shape index (κ1) is 20.1. The second kappa shape index (κ2) is 8.96. The van der Waals surface area contributed by atoms with Crippen LogP contribution in [0.2, 0.25) is 0 Å². The molecule has 2 aromatic carbocycles. The minimum Gasteiger partial charge on any atom is -0.326 e. The first-order chi connectivity index (χ1) is 12.3. The van der Waals surface area contributed by atoms with Gasteiger partial charge in [-0.05, 0) is 67.6 Å². The van der Waals surface area contributed by atoms with Crippen LogP contribution in [0.3, 0.4) is 0 Å². The summed E-state index contributed by atoms with van der Waals surface area (Å²) in [6.45, 7) is 6.32. The average Bonchev–Trinajstić information content (AvgIpc) is 2.57. The van der Waals surface area contributed by atoms with E-state index in [4.69, 9.17) is 0 Å². The van der Waals surface area contributed by atoms with Gasteiger partial charge in [0.15, 0.2) is 0 Å². The van der Waals surface area contributed by atoms with Crippen LogP contribution in [0.1, 0.15) is 36.5 Å². The number of nitrogens with one attached hydrogen (secondary N) is 2. The van der Waals surface area contributed by atoms with E-state index >= 15 is 0 Å². The molecular weight excluding hydrogens is 348 g/mol. The normalized spacial score (nSPS) is 11.3. The number of benzene rings is 2. The molecule has 0 atom stereocenters. The first-order valence-corrected chi connectivity index (χ1v) is 10.3. The fourth-order valence-corrected chi connectivity index (χ4v) is 3.82. The summed E-state index contributed by atoms with van der Waals surface area (Å²) in [5.41, 5.74) is 3.94. The Hall–Kier alpha value is -2.18. The molecule has 0 aromatic heterocycles. The molecule has 2 N–H and O–H groups in total. The van der Waals surface area contributed by atoms with Gasteiger partial charge in [0.2, 0.25) is 15.9 Å². The molecule has 2 aromatic rings. The summed E-state index contributed by atoms with van der Waals surface area (Å²) in [4.78, 5) is 12.4. The molecule has 26 heavy (non-hydrogen) atoms. The molecule has 0 saturated heterocycles. The standard InChI is InChI=1S/C20H26N2O3S/c1-4-11-21-26(24,25)19-8-5-17(6-9-19)7-10-20(23)22-18-13-15(2)12-16(3)14-18/h5-6,8-9,12-14,21H,4,7,10-11H2,1-3H3,(H,22,23). The Kier molecular flexibility index (Phi) is 6.94. The van der Waals surface area contributed by atoms with Crippen molar-refractivity contribution >= 4 is 21.6 Å². The second-order valence-corrected chi connectivity index (χ2v) is 8.23. The number of hydrogen-bond donors (Lipinski definition) is 2. The highest BCUT2D eigenvalue weighted by molar-refractivity contribution is 7.89. The lowest BCUT2D eigenvalue weighted by molar-refractivity contribution is -0.116. The fraction of sp³-hybridized carbons (Fsp3) is 0.350. The average molecular weight is 375 g/mol. The summed E-state index contributed by atoms with van der Waals surface area (Å²) in [7, 11) is -3.45. The van der Waals surface area contributed by atoms with Gasteiger partial charge in [-0.15, -0.1) is 0 Å². The van der Waals surface area contributed by atoms with E-state index < -0.39 is 10.0 Å². The van der Waals surface area contributed by atoms with Crippen molar-refractivity contribution in [1.82, 2.24) is 4.72 Å². The molecule has 2 rings (SSSR count). The van der Waals surface area contributed by atoms with Crippen molar-refractivity contribution < 1.29 is 13.2 Å². The Morgan fingerprint density at radius 1 is 1.00 bits per heavy atom. The van der Waals surface area contributed by atoms with E-state index in [1.807, 2.05) is 32.9 Å². The largest absolute Gasteiger partial charge is 0.326 e. The van der Waals surface area contributed by atoms with Crippen LogP contribution in [0.25, 0.3) is 0 Å². The van der Waals surface area contributed by atoms with Gasteiger partial charge < -0.3 is 5.32 Å². The van der Waals surface area contributed by atoms with Gasteiger partial charge in [-0.1, -0.05) is 25.1 Å². The Bertz CT molecular complexity index is 839. The van der Waals surface area contributed by atoms with Crippen LogP contribution in [0.15, 0.2) is 47.4 Å². The van der Waals surface area contributed by atoms with Crippen LogP contribution in [-0.4, -0.2) is 20.9 Å². The lowest BCUT2D eigenvalue weighted by Crippen LogP contribution is -2.24. The molecule has 0 radical (unpaired) electrons. The van der Waals surface area contributed by atoms with E-state index in [0.717, 1.165) is 28.8 Å². The molecule has 5 nitrogen and oxygen atoms in total. The molecule has 0 aliphatic heterocycles. The lowest BCUT2D eigenvalue weighted by atomic mass is 10.1. The number of sulfonamides is 1. The molecule has 140 valence electrons. The summed E-state index contributed by atoms with van der Waals surface area (Å²) in [5, 5.41) is 2.91. The van der Waals surface area contributed by atoms with E-state index in [-0.39, 0.29) is 10.8 Å². The smallest absolute Gasteiger partial charge is 0.240 e. The molecule has 0 spiro atoms. The summed E-state index contributed by atoms with van der Waals surface area (Å²) in [6.07, 6.45) is 1.64. The van der Waals surface area contributed by atoms with Crippen molar-refractivity contribution in [3.05, 3.63) is 59.2 Å². The minimum atomic E-state index is -3.45. The molecule has 0 aliphatic rings. The molecular formula is C20H26N2O3S. The van der Waals surface area contributed by atoms with E-state index in [2.05, 4.69) is 16.1 Å². The maximum atomic E-state index is 12.1. The van der Waals surface area contributed by atoms with Crippen LogP contribution < -0.4 is 10.0 Å². The maximum Gasteiger partial charge on any atom is 0.240 e. The number of rotatable bonds is 8. The SMILES string of the molecule is CCCNS(=O)(=O)c1ccc(CCC(=O)Nc2cc(C)cc(C)c2)cc1. The molecule has 0 unspecified atom stereocenters. The number of carbonyl (C=O) groups is 1. The zero-order valence-corrected chi connectivity index (χ0v) is 16.3. The van der Waals surface area contributed by atoms with Crippen molar-refractivity contribution in [3.63, 3.8) is 0 Å². The topological polar surface area (TPSA) is 75.3 Å². The quantitative estimate of drug-likeness (QED) is 0.742. The first-order valence-electron chi connectivity index (χ1n) is 8.77. The monoisotopic (exact) mass is 374 g/mol. The number of anilines is 1. The van der Waals surface area contributed by atoms with E-state index in [0.29, 0.717) is 19.4 Å². The highest BCUT2D eigenvalue weighted by Gasteiger charge is 2.12. The van der Waals surface area contributed by atoms with Crippen LogP contribution in [-0.2, 0) is 21.2 Å². The predicted molar refractivity (Wildman–Crippen MR) is 105 cm³/mol. The zero-order chi connectivity index (χ0) is 19.2. The lowest BCUT2D eigenvalue weighted by Gasteiger charge is -2.09. The van der Waals surface area contributed by atoms with E-state index in [1.165, 1.54) is 0 Å². The highest BCUT2D eigenvalue weighted by Crippen LogP contribution is 2.15. The molecule has 0 bridgehead atoms. The highest BCUT2D eigenvalue weighted by atomic mass is 32.2. The summed E-state index contributed by atoms with van der Waals surface area (Å²) in [6, 6.07) is 12.6. The molecule has 0 heterocycles. The van der Waals surface area contributed by atoms with Crippen LogP contribution >= 0.6 is 0 Å². The van der Waals surface area contributed by atoms with Gasteiger partial charge in [-0.25, -0.2) is 13.1 Å². The predicted octanol–water partition coefficient (Wildman–Crippen LogP) is 3.56. The molecule has 0 fully saturated rings. The fourth-order valence-electron chi connectivity index (χ4n) is 2.68. The van der Waals surface area contributed by atoms with Gasteiger partial charge in [0.05, 0.1) is 4.90 Å². The third-order valence-electron chi connectivity index (χ3n) is 3.92. The van der Waals surface area contributed by atoms with Crippen molar-refractivity contribution in [3.8, 4) is 0 Å². The summed E-state index contributed by atoms with van der Waals surface area (Å²) in [5.74, 6) is -0.0590. The van der Waals surface area contributed by atoms with Gasteiger partial charge in [-0.3, -0.25) is 4.79 Å². The Balaban J connectivity index is 1.92. The Morgan fingerprint density at radius 2 is 1.62 bits per heavy atom. The van der Waals surface area contributed by atoms with Gasteiger partial charge in [0, 0.05) is 18.7 Å². The van der Waals surface area contributed by atoms with Crippen LogP contribution in [0.4, 0.5) is 5.69 Å². The molecule has 1 amide bonds. The number of hydrogen-bond acceptors (Lipinski definition) is 3. The molecule has 0 saturated carbocycles. The second-order valence-electron chi connectivity index (χ2n) is 6.47. The van der Waals surface area contributed by atoms with Crippen molar-refractivity contribution in [1.29, 1.82) is 0 Å². The van der Waals surface area contributed by atoms with Gasteiger partial charge >= 0.3 is 0 Å². The number of amides is 1. The Labute approximate surface area is 155 Å². The van der Waals surface area contributed by atoms with E-state index in [1.54, 1.807) is 24.3 Å². The van der Waals surface area contributed by atoms with Gasteiger partial charge in [0.1, 0.15) is 0 Å². The number of carbonyl (C=O) groups excluding carboxylic acids is 1. The van der Waals surface area contributed by atoms with Crippen LogP contribution in [0.5, 0.6) is 0 Å². The van der Waals surface area contributed by atoms with Crippen LogP contribution in [0, 0.1) is 13.8 Å². The van der Waals surface area contributed by atoms with Crippen molar-refractivity contribution in [2.45, 2.75) is 44.9 Å². The van der Waals surface area contributed by atoms with Crippen molar-refractivity contribution in [2.75, 3.05) is 11.9 Å². The number of aryl methyl sites for hydroxylation is 3. The van der Waals surface area contributed by atoms with E-state index in [9.17, 15) is 13.2 Å². The Morgan fingerprint density at radius 3 is 2.19 bits per heavy atom. The van der Waals surface area contributed by atoms with Crippen molar-refractivity contribution in [2.24, 2.45) is 0 Å².